The van der Waals surface area contributed by atoms with Gasteiger partial charge in [-0.2, -0.15) is 0 Å². The van der Waals surface area contributed by atoms with Gasteiger partial charge >= 0.3 is 0 Å². The maximum atomic E-state index is 12.0. The van der Waals surface area contributed by atoms with Crippen molar-refractivity contribution in [3.05, 3.63) is 35.4 Å². The standard InChI is InChI=1S/C14H20ClNO3/c1-3-18-13(19-4-2)10-16-14(17)12-7-5-6-11(8-12)9-15/h5-8,13H,3-4,9-10H2,1-2H3,(H,16,17). The van der Waals surface area contributed by atoms with Gasteiger partial charge in [0.2, 0.25) is 0 Å². The van der Waals surface area contributed by atoms with E-state index in [0.717, 1.165) is 5.56 Å². The van der Waals surface area contributed by atoms with Gasteiger partial charge in [-0.3, -0.25) is 4.79 Å². The van der Waals surface area contributed by atoms with E-state index < -0.39 is 6.29 Å². The Morgan fingerprint density at radius 2 is 2.00 bits per heavy atom. The molecule has 1 rings (SSSR count). The van der Waals surface area contributed by atoms with Crippen molar-refractivity contribution < 1.29 is 14.3 Å². The summed E-state index contributed by atoms with van der Waals surface area (Å²) in [4.78, 5) is 12.0. The summed E-state index contributed by atoms with van der Waals surface area (Å²) in [6, 6.07) is 7.22. The molecule has 1 N–H and O–H groups in total. The molecule has 1 aromatic carbocycles. The second kappa shape index (κ2) is 8.91. The second-order valence-corrected chi connectivity index (χ2v) is 4.15. The van der Waals surface area contributed by atoms with Crippen molar-refractivity contribution in [3.63, 3.8) is 0 Å². The highest BCUT2D eigenvalue weighted by atomic mass is 35.5. The molecule has 4 nitrogen and oxygen atoms in total. The van der Waals surface area contributed by atoms with Crippen LogP contribution in [0, 0.1) is 0 Å². The van der Waals surface area contributed by atoms with Crippen molar-refractivity contribution in [2.45, 2.75) is 26.0 Å². The number of amides is 1. The molecule has 0 unspecified atom stereocenters. The molecular weight excluding hydrogens is 266 g/mol. The van der Waals surface area contributed by atoms with Gasteiger partial charge in [0.15, 0.2) is 6.29 Å². The highest BCUT2D eigenvalue weighted by Crippen LogP contribution is 2.07. The monoisotopic (exact) mass is 285 g/mol. The van der Waals surface area contributed by atoms with Crippen LogP contribution in [0.25, 0.3) is 0 Å². The van der Waals surface area contributed by atoms with E-state index in [2.05, 4.69) is 5.32 Å². The molecule has 0 aliphatic carbocycles. The number of carbonyl (C=O) groups excluding carboxylic acids is 1. The van der Waals surface area contributed by atoms with Crippen molar-refractivity contribution in [1.29, 1.82) is 0 Å². The van der Waals surface area contributed by atoms with Crippen LogP contribution in [0.5, 0.6) is 0 Å². The Labute approximate surface area is 119 Å². The Kier molecular flexibility index (Phi) is 7.48. The molecule has 1 amide bonds. The van der Waals surface area contributed by atoms with E-state index in [-0.39, 0.29) is 5.91 Å². The van der Waals surface area contributed by atoms with E-state index in [9.17, 15) is 4.79 Å². The number of halogens is 1. The molecule has 0 fully saturated rings. The van der Waals surface area contributed by atoms with Gasteiger partial charge in [0.05, 0.1) is 6.54 Å². The van der Waals surface area contributed by atoms with Gasteiger partial charge in [0.1, 0.15) is 0 Å². The Morgan fingerprint density at radius 3 is 2.58 bits per heavy atom. The van der Waals surface area contributed by atoms with E-state index in [1.54, 1.807) is 12.1 Å². The normalized spacial score (nSPS) is 10.7. The van der Waals surface area contributed by atoms with Crippen LogP contribution in [-0.2, 0) is 15.4 Å². The zero-order valence-electron chi connectivity index (χ0n) is 11.3. The molecule has 0 radical (unpaired) electrons. The summed E-state index contributed by atoms with van der Waals surface area (Å²) in [7, 11) is 0. The van der Waals surface area contributed by atoms with Crippen molar-refractivity contribution in [2.75, 3.05) is 19.8 Å². The van der Waals surface area contributed by atoms with E-state index in [4.69, 9.17) is 21.1 Å². The van der Waals surface area contributed by atoms with Crippen LogP contribution in [0.3, 0.4) is 0 Å². The SMILES string of the molecule is CCOC(CNC(=O)c1cccc(CCl)c1)OCC. The van der Waals surface area contributed by atoms with E-state index in [0.29, 0.717) is 31.2 Å². The van der Waals surface area contributed by atoms with Crippen LogP contribution in [0.15, 0.2) is 24.3 Å². The first-order chi connectivity index (χ1) is 9.21. The number of nitrogens with one attached hydrogen (secondary N) is 1. The molecule has 106 valence electrons. The highest BCUT2D eigenvalue weighted by Gasteiger charge is 2.11. The largest absolute Gasteiger partial charge is 0.351 e. The summed E-state index contributed by atoms with van der Waals surface area (Å²) in [5.41, 5.74) is 1.50. The molecule has 0 saturated heterocycles. The fourth-order valence-corrected chi connectivity index (χ4v) is 1.78. The molecular formula is C14H20ClNO3. The number of ether oxygens (including phenoxy) is 2. The molecule has 0 bridgehead atoms. The first-order valence-electron chi connectivity index (χ1n) is 6.37. The highest BCUT2D eigenvalue weighted by molar-refractivity contribution is 6.17. The maximum Gasteiger partial charge on any atom is 0.251 e. The molecule has 0 spiro atoms. The van der Waals surface area contributed by atoms with Crippen molar-refractivity contribution in [1.82, 2.24) is 5.32 Å². The fraction of sp³-hybridized carbons (Fsp3) is 0.500. The minimum absolute atomic E-state index is 0.156. The average molecular weight is 286 g/mol. The fourth-order valence-electron chi connectivity index (χ4n) is 1.61. The van der Waals surface area contributed by atoms with Crippen LogP contribution >= 0.6 is 11.6 Å². The summed E-state index contributed by atoms with van der Waals surface area (Å²) in [6.45, 7) is 5.19. The molecule has 0 atom stereocenters. The lowest BCUT2D eigenvalue weighted by molar-refractivity contribution is -0.131. The van der Waals surface area contributed by atoms with Crippen LogP contribution in [0.2, 0.25) is 0 Å². The third kappa shape index (κ3) is 5.59. The first-order valence-corrected chi connectivity index (χ1v) is 6.91. The van der Waals surface area contributed by atoms with Crippen molar-refractivity contribution in [3.8, 4) is 0 Å². The van der Waals surface area contributed by atoms with Crippen LogP contribution in [-0.4, -0.2) is 32.0 Å². The zero-order chi connectivity index (χ0) is 14.1. The Hall–Kier alpha value is -1.10. The van der Waals surface area contributed by atoms with Gasteiger partial charge in [-0.15, -0.1) is 11.6 Å². The Morgan fingerprint density at radius 1 is 1.32 bits per heavy atom. The lowest BCUT2D eigenvalue weighted by atomic mass is 10.1. The molecule has 5 heteroatoms. The Balaban J connectivity index is 2.53. The molecule has 0 aliphatic rings. The van der Waals surface area contributed by atoms with E-state index in [1.807, 2.05) is 26.0 Å². The predicted octanol–water partition coefficient (Wildman–Crippen LogP) is 2.55. The molecule has 0 aromatic heterocycles. The molecule has 0 aliphatic heterocycles. The van der Waals surface area contributed by atoms with Gasteiger partial charge in [-0.05, 0) is 31.5 Å². The molecule has 0 heterocycles. The quantitative estimate of drug-likeness (QED) is 0.590. The molecule has 1 aromatic rings. The third-order valence-corrected chi connectivity index (χ3v) is 2.79. The van der Waals surface area contributed by atoms with E-state index >= 15 is 0 Å². The van der Waals surface area contributed by atoms with Crippen molar-refractivity contribution >= 4 is 17.5 Å². The first kappa shape index (κ1) is 16.0. The summed E-state index contributed by atoms with van der Waals surface area (Å²) in [5.74, 6) is 0.234. The van der Waals surface area contributed by atoms with Crippen LogP contribution in [0.1, 0.15) is 29.8 Å². The second-order valence-electron chi connectivity index (χ2n) is 3.88. The topological polar surface area (TPSA) is 47.6 Å². The van der Waals surface area contributed by atoms with Crippen molar-refractivity contribution in [2.24, 2.45) is 0 Å². The minimum Gasteiger partial charge on any atom is -0.351 e. The number of benzene rings is 1. The average Bonchev–Trinajstić information content (AvgIpc) is 2.45. The number of rotatable bonds is 8. The van der Waals surface area contributed by atoms with Gasteiger partial charge in [-0.25, -0.2) is 0 Å². The Bertz CT molecular complexity index is 392. The van der Waals surface area contributed by atoms with Gasteiger partial charge in [-0.1, -0.05) is 12.1 Å². The summed E-state index contributed by atoms with van der Waals surface area (Å²) in [5, 5.41) is 2.79. The van der Waals surface area contributed by atoms with Gasteiger partial charge in [0.25, 0.3) is 5.91 Å². The summed E-state index contributed by atoms with van der Waals surface area (Å²) >= 11 is 5.74. The predicted molar refractivity (Wildman–Crippen MR) is 75.4 cm³/mol. The zero-order valence-corrected chi connectivity index (χ0v) is 12.1. The number of carbonyl (C=O) groups is 1. The van der Waals surface area contributed by atoms with Gasteiger partial charge < -0.3 is 14.8 Å². The third-order valence-electron chi connectivity index (χ3n) is 2.48. The number of hydrogen-bond donors (Lipinski definition) is 1. The smallest absolute Gasteiger partial charge is 0.251 e. The van der Waals surface area contributed by atoms with Crippen LogP contribution in [0.4, 0.5) is 0 Å². The minimum atomic E-state index is -0.407. The summed E-state index contributed by atoms with van der Waals surface area (Å²) in [6.07, 6.45) is -0.407. The lowest BCUT2D eigenvalue weighted by Gasteiger charge is -2.17. The maximum absolute atomic E-state index is 12.0. The summed E-state index contributed by atoms with van der Waals surface area (Å²) < 4.78 is 10.7. The number of hydrogen-bond acceptors (Lipinski definition) is 3. The lowest BCUT2D eigenvalue weighted by Crippen LogP contribution is -2.35. The van der Waals surface area contributed by atoms with E-state index in [1.165, 1.54) is 0 Å². The van der Waals surface area contributed by atoms with Gasteiger partial charge in [0, 0.05) is 24.7 Å². The number of alkyl halides is 1. The molecule has 19 heavy (non-hydrogen) atoms. The molecule has 0 saturated carbocycles. The van der Waals surface area contributed by atoms with Crippen LogP contribution < -0.4 is 5.32 Å².